The number of carbonyl (C=O) groups is 1. The predicted octanol–water partition coefficient (Wildman–Crippen LogP) is 2.13. The summed E-state index contributed by atoms with van der Waals surface area (Å²) in [5.41, 5.74) is 5.09. The van der Waals surface area contributed by atoms with Crippen LogP contribution in [0.5, 0.6) is 0 Å². The number of esters is 1. The Labute approximate surface area is 104 Å². The zero-order valence-electron chi connectivity index (χ0n) is 10.0. The van der Waals surface area contributed by atoms with Crippen LogP contribution in [-0.2, 0) is 9.47 Å². The molecule has 0 aliphatic heterocycles. The number of anilines is 1. The molecule has 0 aliphatic carbocycles. The van der Waals surface area contributed by atoms with Crippen molar-refractivity contribution in [3.8, 4) is 0 Å². The fourth-order valence-electron chi connectivity index (χ4n) is 1.29. The monoisotopic (exact) mass is 259 g/mol. The van der Waals surface area contributed by atoms with E-state index in [1.54, 1.807) is 0 Å². The van der Waals surface area contributed by atoms with Crippen molar-refractivity contribution in [2.45, 2.75) is 13.3 Å². The van der Waals surface area contributed by atoms with Crippen LogP contribution < -0.4 is 5.73 Å². The highest BCUT2D eigenvalue weighted by molar-refractivity contribution is 5.95. The van der Waals surface area contributed by atoms with E-state index in [0.29, 0.717) is 19.6 Å². The van der Waals surface area contributed by atoms with Crippen molar-refractivity contribution < 1.29 is 23.0 Å². The Balaban J connectivity index is 2.54. The van der Waals surface area contributed by atoms with Crippen molar-refractivity contribution in [3.05, 3.63) is 29.3 Å². The van der Waals surface area contributed by atoms with E-state index in [2.05, 4.69) is 0 Å². The molecule has 0 saturated heterocycles. The van der Waals surface area contributed by atoms with E-state index in [4.69, 9.17) is 15.2 Å². The molecule has 1 rings (SSSR count). The Morgan fingerprint density at radius 2 is 1.94 bits per heavy atom. The third kappa shape index (κ3) is 3.96. The van der Waals surface area contributed by atoms with Crippen LogP contribution >= 0.6 is 0 Å². The van der Waals surface area contributed by atoms with Crippen LogP contribution in [0, 0.1) is 11.6 Å². The average Bonchev–Trinajstić information content (AvgIpc) is 2.33. The van der Waals surface area contributed by atoms with Gasteiger partial charge in [-0.05, 0) is 13.0 Å². The number of nitrogens with two attached hydrogens (primary N) is 1. The summed E-state index contributed by atoms with van der Waals surface area (Å²) < 4.78 is 35.7. The number of ether oxygens (including phenoxy) is 2. The topological polar surface area (TPSA) is 61.5 Å². The van der Waals surface area contributed by atoms with E-state index in [1.165, 1.54) is 0 Å². The third-order valence-electron chi connectivity index (χ3n) is 2.18. The SMILES string of the molecule is CCOCCCOC(=O)c1cc(F)c(F)cc1N. The highest BCUT2D eigenvalue weighted by Gasteiger charge is 2.15. The molecular formula is C12H15F2NO3. The van der Waals surface area contributed by atoms with Gasteiger partial charge < -0.3 is 15.2 Å². The number of nitrogen functional groups attached to an aromatic ring is 1. The van der Waals surface area contributed by atoms with Gasteiger partial charge in [0.2, 0.25) is 0 Å². The van der Waals surface area contributed by atoms with Crippen molar-refractivity contribution in [2.75, 3.05) is 25.6 Å². The lowest BCUT2D eigenvalue weighted by Gasteiger charge is -2.07. The minimum atomic E-state index is -1.13. The number of hydrogen-bond acceptors (Lipinski definition) is 4. The molecule has 1 aromatic rings. The number of rotatable bonds is 6. The second-order valence-electron chi connectivity index (χ2n) is 3.54. The normalized spacial score (nSPS) is 10.4. The Hall–Kier alpha value is -1.69. The number of benzene rings is 1. The van der Waals surface area contributed by atoms with Gasteiger partial charge in [-0.3, -0.25) is 0 Å². The first kappa shape index (κ1) is 14.4. The van der Waals surface area contributed by atoms with E-state index < -0.39 is 17.6 Å². The van der Waals surface area contributed by atoms with Gasteiger partial charge >= 0.3 is 5.97 Å². The highest BCUT2D eigenvalue weighted by atomic mass is 19.2. The van der Waals surface area contributed by atoms with E-state index in [1.807, 2.05) is 6.92 Å². The van der Waals surface area contributed by atoms with Gasteiger partial charge in [-0.2, -0.15) is 0 Å². The lowest BCUT2D eigenvalue weighted by Crippen LogP contribution is -2.11. The van der Waals surface area contributed by atoms with Gasteiger partial charge in [-0.25, -0.2) is 13.6 Å². The van der Waals surface area contributed by atoms with E-state index >= 15 is 0 Å². The lowest BCUT2D eigenvalue weighted by molar-refractivity contribution is 0.0453. The maximum Gasteiger partial charge on any atom is 0.340 e. The molecule has 6 heteroatoms. The summed E-state index contributed by atoms with van der Waals surface area (Å²) in [6.07, 6.45) is 0.531. The minimum Gasteiger partial charge on any atom is -0.462 e. The second-order valence-corrected chi connectivity index (χ2v) is 3.54. The molecule has 0 spiro atoms. The Morgan fingerprint density at radius 1 is 1.28 bits per heavy atom. The standard InChI is InChI=1S/C12H15F2NO3/c1-2-17-4-3-5-18-12(16)8-6-9(13)10(14)7-11(8)15/h6-7H,2-5,15H2,1H3. The van der Waals surface area contributed by atoms with Crippen LogP contribution in [-0.4, -0.2) is 25.8 Å². The molecule has 0 fully saturated rings. The smallest absolute Gasteiger partial charge is 0.340 e. The lowest BCUT2D eigenvalue weighted by atomic mass is 10.1. The van der Waals surface area contributed by atoms with E-state index in [9.17, 15) is 13.6 Å². The predicted molar refractivity (Wildman–Crippen MR) is 62.2 cm³/mol. The summed E-state index contributed by atoms with van der Waals surface area (Å²) in [6, 6.07) is 1.49. The maximum absolute atomic E-state index is 12.9. The quantitative estimate of drug-likeness (QED) is 0.483. The van der Waals surface area contributed by atoms with Crippen molar-refractivity contribution in [3.63, 3.8) is 0 Å². The zero-order valence-corrected chi connectivity index (χ0v) is 10.0. The molecule has 2 N–H and O–H groups in total. The highest BCUT2D eigenvalue weighted by Crippen LogP contribution is 2.17. The summed E-state index contributed by atoms with van der Waals surface area (Å²) >= 11 is 0. The van der Waals surface area contributed by atoms with Crippen molar-refractivity contribution >= 4 is 11.7 Å². The fraction of sp³-hybridized carbons (Fsp3) is 0.417. The van der Waals surface area contributed by atoms with Gasteiger partial charge in [0, 0.05) is 31.4 Å². The first-order chi connectivity index (χ1) is 8.56. The molecule has 0 aliphatic rings. The summed E-state index contributed by atoms with van der Waals surface area (Å²) in [5, 5.41) is 0. The fourth-order valence-corrected chi connectivity index (χ4v) is 1.29. The van der Waals surface area contributed by atoms with Crippen molar-refractivity contribution in [1.29, 1.82) is 0 Å². The molecule has 0 unspecified atom stereocenters. The first-order valence-corrected chi connectivity index (χ1v) is 5.55. The first-order valence-electron chi connectivity index (χ1n) is 5.55. The zero-order chi connectivity index (χ0) is 13.5. The molecule has 0 saturated carbocycles. The summed E-state index contributed by atoms with van der Waals surface area (Å²) in [7, 11) is 0. The van der Waals surface area contributed by atoms with E-state index in [-0.39, 0.29) is 17.9 Å². The van der Waals surface area contributed by atoms with Crippen LogP contribution in [0.2, 0.25) is 0 Å². The van der Waals surface area contributed by atoms with Crippen molar-refractivity contribution in [2.24, 2.45) is 0 Å². The average molecular weight is 259 g/mol. The molecule has 100 valence electrons. The van der Waals surface area contributed by atoms with E-state index in [0.717, 1.165) is 12.1 Å². The molecular weight excluding hydrogens is 244 g/mol. The van der Waals surface area contributed by atoms with Gasteiger partial charge in [-0.15, -0.1) is 0 Å². The van der Waals surface area contributed by atoms with Crippen LogP contribution in [0.4, 0.5) is 14.5 Å². The van der Waals surface area contributed by atoms with Gasteiger partial charge in [-0.1, -0.05) is 0 Å². The Morgan fingerprint density at radius 3 is 2.61 bits per heavy atom. The maximum atomic E-state index is 12.9. The largest absolute Gasteiger partial charge is 0.462 e. The molecule has 0 heterocycles. The molecule has 0 radical (unpaired) electrons. The van der Waals surface area contributed by atoms with Crippen molar-refractivity contribution in [1.82, 2.24) is 0 Å². The number of hydrogen-bond donors (Lipinski definition) is 1. The summed E-state index contributed by atoms with van der Waals surface area (Å²) in [5.74, 6) is -3.01. The minimum absolute atomic E-state index is 0.136. The number of halogens is 2. The van der Waals surface area contributed by atoms with Gasteiger partial charge in [0.1, 0.15) is 0 Å². The molecule has 0 atom stereocenters. The Kier molecular flexibility index (Phi) is 5.51. The number of carbonyl (C=O) groups excluding carboxylic acids is 1. The molecule has 0 amide bonds. The van der Waals surface area contributed by atoms with Gasteiger partial charge in [0.05, 0.1) is 12.2 Å². The Bertz CT molecular complexity index is 424. The van der Waals surface area contributed by atoms with Crippen LogP contribution in [0.1, 0.15) is 23.7 Å². The molecule has 0 bridgehead atoms. The van der Waals surface area contributed by atoms with Gasteiger partial charge in [0.25, 0.3) is 0 Å². The van der Waals surface area contributed by atoms with Crippen LogP contribution in [0.3, 0.4) is 0 Å². The van der Waals surface area contributed by atoms with Crippen LogP contribution in [0.25, 0.3) is 0 Å². The van der Waals surface area contributed by atoms with Gasteiger partial charge in [0.15, 0.2) is 11.6 Å². The molecule has 0 aromatic heterocycles. The second kappa shape index (κ2) is 6.90. The van der Waals surface area contributed by atoms with Crippen LogP contribution in [0.15, 0.2) is 12.1 Å². The molecule has 18 heavy (non-hydrogen) atoms. The molecule has 4 nitrogen and oxygen atoms in total. The third-order valence-corrected chi connectivity index (χ3v) is 2.18. The molecule has 1 aromatic carbocycles. The summed E-state index contributed by atoms with van der Waals surface area (Å²) in [4.78, 5) is 11.5. The summed E-state index contributed by atoms with van der Waals surface area (Å²) in [6.45, 7) is 3.05.